The molecular weight excluding hydrogens is 371 g/mol. The van der Waals surface area contributed by atoms with Crippen molar-refractivity contribution in [2.75, 3.05) is 38.1 Å². The first-order chi connectivity index (χ1) is 11.6. The monoisotopic (exact) mass is 395 g/mol. The van der Waals surface area contributed by atoms with Gasteiger partial charge in [0.15, 0.2) is 0 Å². The van der Waals surface area contributed by atoms with E-state index < -0.39 is 11.9 Å². The second-order valence-corrected chi connectivity index (χ2v) is 6.45. The maximum Gasteiger partial charge on any atom is 0.433 e. The molecule has 0 aliphatic carbocycles. The molecule has 1 saturated heterocycles. The van der Waals surface area contributed by atoms with Gasteiger partial charge in [0.2, 0.25) is 11.9 Å². The number of alkyl halides is 3. The molecule has 10 heteroatoms. The van der Waals surface area contributed by atoms with E-state index in [0.717, 1.165) is 6.07 Å². The van der Waals surface area contributed by atoms with Crippen molar-refractivity contribution in [3.05, 3.63) is 17.5 Å². The molecule has 1 aromatic heterocycles. The Morgan fingerprint density at radius 1 is 1.15 bits per heavy atom. The highest BCUT2D eigenvalue weighted by molar-refractivity contribution is 5.85. The standard InChI is InChI=1S/C16H24F3N5O.ClH/c1-10(2)12-9-13(16(17,18)19)22-15(21-12)24-7-5-23(6-8-24)14(25)11(3)20-4;/h9-11,20H,5-8H2,1-4H3;1H/t11-;/m0./s1. The van der Waals surface area contributed by atoms with Crippen LogP contribution in [0.2, 0.25) is 0 Å². The van der Waals surface area contributed by atoms with Gasteiger partial charge in [-0.1, -0.05) is 13.8 Å². The Bertz CT molecular complexity index is 618. The van der Waals surface area contributed by atoms with Crippen LogP contribution in [0.1, 0.15) is 38.1 Å². The lowest BCUT2D eigenvalue weighted by Crippen LogP contribution is -2.53. The third-order valence-electron chi connectivity index (χ3n) is 4.29. The molecule has 6 nitrogen and oxygen atoms in total. The van der Waals surface area contributed by atoms with Crippen molar-refractivity contribution < 1.29 is 18.0 Å². The average Bonchev–Trinajstić information content (AvgIpc) is 2.59. The van der Waals surface area contributed by atoms with E-state index in [0.29, 0.717) is 31.9 Å². The molecule has 1 aliphatic rings. The largest absolute Gasteiger partial charge is 0.433 e. The van der Waals surface area contributed by atoms with Crippen molar-refractivity contribution in [3.8, 4) is 0 Å². The SMILES string of the molecule is CN[C@@H](C)C(=O)N1CCN(c2nc(C(C)C)cc(C(F)(F)F)n2)CC1.Cl. The number of hydrogen-bond donors (Lipinski definition) is 1. The fourth-order valence-electron chi connectivity index (χ4n) is 2.56. The Morgan fingerprint density at radius 3 is 2.19 bits per heavy atom. The van der Waals surface area contributed by atoms with Crippen LogP contribution in [0.4, 0.5) is 19.1 Å². The number of aromatic nitrogens is 2. The highest BCUT2D eigenvalue weighted by Gasteiger charge is 2.35. The molecule has 0 radical (unpaired) electrons. The van der Waals surface area contributed by atoms with Crippen LogP contribution in [0.3, 0.4) is 0 Å². The minimum atomic E-state index is -4.51. The Hall–Kier alpha value is -1.61. The van der Waals surface area contributed by atoms with Gasteiger partial charge in [0, 0.05) is 31.9 Å². The van der Waals surface area contributed by atoms with Crippen LogP contribution >= 0.6 is 12.4 Å². The van der Waals surface area contributed by atoms with Crippen LogP contribution in [0.15, 0.2) is 6.07 Å². The number of halogens is 4. The number of anilines is 1. The molecular formula is C16H25ClF3N5O. The fraction of sp³-hybridized carbons (Fsp3) is 0.688. The van der Waals surface area contributed by atoms with E-state index in [-0.39, 0.29) is 36.2 Å². The zero-order valence-electron chi connectivity index (χ0n) is 15.3. The molecule has 0 spiro atoms. The van der Waals surface area contributed by atoms with Gasteiger partial charge < -0.3 is 15.1 Å². The summed E-state index contributed by atoms with van der Waals surface area (Å²) >= 11 is 0. The molecule has 1 atom stereocenters. The van der Waals surface area contributed by atoms with Crippen molar-refractivity contribution in [1.82, 2.24) is 20.2 Å². The predicted octanol–water partition coefficient (Wildman–Crippen LogP) is 2.30. The molecule has 1 N–H and O–H groups in total. The highest BCUT2D eigenvalue weighted by atomic mass is 35.5. The number of carbonyl (C=O) groups excluding carboxylic acids is 1. The summed E-state index contributed by atoms with van der Waals surface area (Å²) in [6.07, 6.45) is -4.51. The van der Waals surface area contributed by atoms with E-state index in [2.05, 4.69) is 15.3 Å². The van der Waals surface area contributed by atoms with Crippen molar-refractivity contribution >= 4 is 24.3 Å². The second-order valence-electron chi connectivity index (χ2n) is 6.45. The van der Waals surface area contributed by atoms with E-state index in [1.165, 1.54) is 0 Å². The molecule has 0 saturated carbocycles. The van der Waals surface area contributed by atoms with Crippen LogP contribution in [0, 0.1) is 0 Å². The molecule has 2 heterocycles. The lowest BCUT2D eigenvalue weighted by atomic mass is 10.1. The summed E-state index contributed by atoms with van der Waals surface area (Å²) < 4.78 is 39.3. The summed E-state index contributed by atoms with van der Waals surface area (Å²) in [6.45, 7) is 7.04. The minimum absolute atomic E-state index is 0. The topological polar surface area (TPSA) is 61.4 Å². The van der Waals surface area contributed by atoms with E-state index >= 15 is 0 Å². The molecule has 1 amide bonds. The fourth-order valence-corrected chi connectivity index (χ4v) is 2.56. The van der Waals surface area contributed by atoms with Crippen LogP contribution in [0.5, 0.6) is 0 Å². The third kappa shape index (κ3) is 5.20. The zero-order valence-corrected chi connectivity index (χ0v) is 16.1. The molecule has 148 valence electrons. The summed E-state index contributed by atoms with van der Waals surface area (Å²) in [5, 5.41) is 2.89. The third-order valence-corrected chi connectivity index (χ3v) is 4.29. The summed E-state index contributed by atoms with van der Waals surface area (Å²) in [7, 11) is 1.71. The summed E-state index contributed by atoms with van der Waals surface area (Å²) in [5.41, 5.74) is -0.567. The van der Waals surface area contributed by atoms with Crippen molar-refractivity contribution in [2.24, 2.45) is 0 Å². The number of nitrogens with one attached hydrogen (secondary N) is 1. The van der Waals surface area contributed by atoms with Gasteiger partial charge >= 0.3 is 6.18 Å². The van der Waals surface area contributed by atoms with Crippen molar-refractivity contribution in [1.29, 1.82) is 0 Å². The molecule has 0 bridgehead atoms. The van der Waals surface area contributed by atoms with Gasteiger partial charge in [0.05, 0.1) is 6.04 Å². The predicted molar refractivity (Wildman–Crippen MR) is 95.7 cm³/mol. The Kier molecular flexibility index (Phi) is 7.64. The lowest BCUT2D eigenvalue weighted by Gasteiger charge is -2.36. The molecule has 0 aromatic carbocycles. The van der Waals surface area contributed by atoms with Gasteiger partial charge in [-0.25, -0.2) is 9.97 Å². The number of nitrogens with zero attached hydrogens (tertiary/aromatic N) is 4. The van der Waals surface area contributed by atoms with E-state index in [9.17, 15) is 18.0 Å². The van der Waals surface area contributed by atoms with E-state index in [4.69, 9.17) is 0 Å². The smallest absolute Gasteiger partial charge is 0.338 e. The quantitative estimate of drug-likeness (QED) is 0.847. The highest BCUT2D eigenvalue weighted by Crippen LogP contribution is 2.30. The normalized spacial score (nSPS) is 16.5. The summed E-state index contributed by atoms with van der Waals surface area (Å²) in [5.74, 6) is -0.0792. The van der Waals surface area contributed by atoms with Crippen LogP contribution in [-0.2, 0) is 11.0 Å². The number of carbonyl (C=O) groups is 1. The van der Waals surface area contributed by atoms with Gasteiger partial charge in [-0.15, -0.1) is 12.4 Å². The number of likely N-dealkylation sites (N-methyl/N-ethyl adjacent to an activating group) is 1. The van der Waals surface area contributed by atoms with Crippen molar-refractivity contribution in [2.45, 2.75) is 38.9 Å². The Morgan fingerprint density at radius 2 is 1.73 bits per heavy atom. The van der Waals surface area contributed by atoms with Gasteiger partial charge in [-0.2, -0.15) is 13.2 Å². The summed E-state index contributed by atoms with van der Waals surface area (Å²) in [6, 6.07) is 0.714. The molecule has 1 fully saturated rings. The number of rotatable bonds is 4. The number of hydrogen-bond acceptors (Lipinski definition) is 5. The maximum absolute atomic E-state index is 13.1. The first kappa shape index (κ1) is 22.4. The van der Waals surface area contributed by atoms with E-state index in [1.54, 1.807) is 37.6 Å². The van der Waals surface area contributed by atoms with Gasteiger partial charge in [0.1, 0.15) is 5.69 Å². The molecule has 2 rings (SSSR count). The first-order valence-corrected chi connectivity index (χ1v) is 8.30. The Balaban J connectivity index is 0.00000338. The molecule has 1 aromatic rings. The van der Waals surface area contributed by atoms with Gasteiger partial charge in [-0.05, 0) is 26.0 Å². The molecule has 1 aliphatic heterocycles. The second kappa shape index (κ2) is 8.85. The molecule has 26 heavy (non-hydrogen) atoms. The average molecular weight is 396 g/mol. The van der Waals surface area contributed by atoms with Crippen molar-refractivity contribution in [3.63, 3.8) is 0 Å². The van der Waals surface area contributed by atoms with Crippen LogP contribution < -0.4 is 10.2 Å². The molecule has 0 unspecified atom stereocenters. The van der Waals surface area contributed by atoms with Gasteiger partial charge in [-0.3, -0.25) is 4.79 Å². The zero-order chi connectivity index (χ0) is 18.8. The lowest BCUT2D eigenvalue weighted by molar-refractivity contribution is -0.141. The minimum Gasteiger partial charge on any atom is -0.338 e. The first-order valence-electron chi connectivity index (χ1n) is 8.30. The summed E-state index contributed by atoms with van der Waals surface area (Å²) in [4.78, 5) is 23.6. The van der Waals surface area contributed by atoms with E-state index in [1.807, 2.05) is 0 Å². The number of amides is 1. The Labute approximate surface area is 157 Å². The maximum atomic E-state index is 13.1. The van der Waals surface area contributed by atoms with Crippen LogP contribution in [0.25, 0.3) is 0 Å². The van der Waals surface area contributed by atoms with Crippen LogP contribution in [-0.4, -0.2) is 60.0 Å². The van der Waals surface area contributed by atoms with Gasteiger partial charge in [0.25, 0.3) is 0 Å². The number of piperazine rings is 1.